The molecule has 1 saturated heterocycles. The maximum Gasteiger partial charge on any atom is 0.253 e. The van der Waals surface area contributed by atoms with Gasteiger partial charge in [-0.3, -0.25) is 9.48 Å². The molecule has 0 bridgehead atoms. The fourth-order valence-corrected chi connectivity index (χ4v) is 4.71. The molecular formula is C25H35N3O4. The normalized spacial score (nSPS) is 19.9. The van der Waals surface area contributed by atoms with Gasteiger partial charge in [0.15, 0.2) is 5.75 Å². The number of benzene rings is 1. The van der Waals surface area contributed by atoms with Crippen LogP contribution in [0.2, 0.25) is 0 Å². The lowest BCUT2D eigenvalue weighted by Crippen LogP contribution is -2.52. The zero-order valence-electron chi connectivity index (χ0n) is 20.1. The molecule has 0 radical (unpaired) electrons. The Morgan fingerprint density at radius 3 is 2.53 bits per heavy atom. The van der Waals surface area contributed by atoms with Gasteiger partial charge in [0.2, 0.25) is 0 Å². The number of aromatic nitrogens is 2. The lowest BCUT2D eigenvalue weighted by molar-refractivity contribution is -0.0885. The van der Waals surface area contributed by atoms with Crippen molar-refractivity contribution in [2.45, 2.75) is 77.8 Å². The fraction of sp³-hybridized carbons (Fsp3) is 0.600. The van der Waals surface area contributed by atoms with Crippen molar-refractivity contribution in [3.05, 3.63) is 41.2 Å². The Morgan fingerprint density at radius 2 is 1.91 bits per heavy atom. The van der Waals surface area contributed by atoms with Crippen molar-refractivity contribution in [1.29, 1.82) is 0 Å². The summed E-state index contributed by atoms with van der Waals surface area (Å²) in [4.78, 5) is 15.1. The summed E-state index contributed by atoms with van der Waals surface area (Å²) >= 11 is 0. The summed E-state index contributed by atoms with van der Waals surface area (Å²) in [6, 6.07) is 5.69. The Bertz CT molecular complexity index is 974. The van der Waals surface area contributed by atoms with E-state index in [1.165, 1.54) is 0 Å². The Balaban J connectivity index is 1.45. The summed E-state index contributed by atoms with van der Waals surface area (Å²) in [5.74, 6) is 1.70. The molecule has 0 N–H and O–H groups in total. The van der Waals surface area contributed by atoms with Crippen LogP contribution in [0.3, 0.4) is 0 Å². The SMILES string of the molecule is Cc1cc(C(=O)N2CCC3(CC2)CC(OC(C)C)c2nn(C)cc2O3)ccc1OC(C)C. The average Bonchev–Trinajstić information content (AvgIpc) is 3.09. The molecule has 1 unspecified atom stereocenters. The van der Waals surface area contributed by atoms with Crippen LogP contribution in [-0.2, 0) is 11.8 Å². The third-order valence-electron chi connectivity index (χ3n) is 6.19. The van der Waals surface area contributed by atoms with Gasteiger partial charge in [0.1, 0.15) is 23.1 Å². The molecule has 0 aliphatic carbocycles. The van der Waals surface area contributed by atoms with Crippen molar-refractivity contribution in [2.24, 2.45) is 7.05 Å². The van der Waals surface area contributed by atoms with Gasteiger partial charge in [0.25, 0.3) is 5.91 Å². The van der Waals surface area contributed by atoms with Gasteiger partial charge in [-0.1, -0.05) is 0 Å². The van der Waals surface area contributed by atoms with E-state index in [1.807, 2.05) is 71.0 Å². The second-order valence-electron chi connectivity index (χ2n) is 9.65. The molecule has 174 valence electrons. The van der Waals surface area contributed by atoms with Crippen molar-refractivity contribution < 1.29 is 19.0 Å². The second kappa shape index (κ2) is 8.77. The van der Waals surface area contributed by atoms with Crippen LogP contribution in [0.25, 0.3) is 0 Å². The number of aryl methyl sites for hydroxylation is 2. The molecule has 1 spiro atoms. The molecule has 1 fully saturated rings. The van der Waals surface area contributed by atoms with E-state index in [1.54, 1.807) is 4.68 Å². The second-order valence-corrected chi connectivity index (χ2v) is 9.65. The van der Waals surface area contributed by atoms with Crippen LogP contribution < -0.4 is 9.47 Å². The lowest BCUT2D eigenvalue weighted by Gasteiger charge is -2.45. The molecule has 0 saturated carbocycles. The number of amides is 1. The molecule has 1 aromatic carbocycles. The van der Waals surface area contributed by atoms with E-state index in [4.69, 9.17) is 14.2 Å². The molecule has 32 heavy (non-hydrogen) atoms. The minimum atomic E-state index is -0.322. The van der Waals surface area contributed by atoms with Gasteiger partial charge in [0.05, 0.1) is 18.4 Å². The van der Waals surface area contributed by atoms with Crippen LogP contribution in [0.1, 0.15) is 74.7 Å². The zero-order valence-corrected chi connectivity index (χ0v) is 20.1. The zero-order chi connectivity index (χ0) is 23.0. The highest BCUT2D eigenvalue weighted by molar-refractivity contribution is 5.94. The number of hydrogen-bond donors (Lipinski definition) is 0. The first-order valence-electron chi connectivity index (χ1n) is 11.6. The number of hydrogen-bond acceptors (Lipinski definition) is 5. The number of likely N-dealkylation sites (tertiary alicyclic amines) is 1. The lowest BCUT2D eigenvalue weighted by atomic mass is 9.83. The predicted octanol–water partition coefficient (Wildman–Crippen LogP) is 4.44. The third kappa shape index (κ3) is 4.63. The number of rotatable bonds is 5. The molecular weight excluding hydrogens is 406 g/mol. The summed E-state index contributed by atoms with van der Waals surface area (Å²) < 4.78 is 20.3. The molecule has 2 aliphatic heterocycles. The molecule has 3 heterocycles. The van der Waals surface area contributed by atoms with E-state index in [2.05, 4.69) is 5.10 Å². The van der Waals surface area contributed by atoms with E-state index in [9.17, 15) is 4.79 Å². The molecule has 7 nitrogen and oxygen atoms in total. The topological polar surface area (TPSA) is 65.8 Å². The summed E-state index contributed by atoms with van der Waals surface area (Å²) in [5, 5.41) is 4.57. The first-order valence-corrected chi connectivity index (χ1v) is 11.6. The van der Waals surface area contributed by atoms with Crippen LogP contribution in [0, 0.1) is 6.92 Å². The van der Waals surface area contributed by atoms with Crippen molar-refractivity contribution in [3.8, 4) is 11.5 Å². The maximum absolute atomic E-state index is 13.2. The van der Waals surface area contributed by atoms with Gasteiger partial charge in [-0.05, 0) is 58.4 Å². The van der Waals surface area contributed by atoms with Crippen LogP contribution in [0.4, 0.5) is 0 Å². The van der Waals surface area contributed by atoms with Crippen molar-refractivity contribution in [3.63, 3.8) is 0 Å². The van der Waals surface area contributed by atoms with Crippen LogP contribution in [0.15, 0.2) is 24.4 Å². The third-order valence-corrected chi connectivity index (χ3v) is 6.19. The molecule has 7 heteroatoms. The average molecular weight is 442 g/mol. The number of nitrogens with zero attached hydrogens (tertiary/aromatic N) is 3. The van der Waals surface area contributed by atoms with Crippen LogP contribution >= 0.6 is 0 Å². The number of carbonyl (C=O) groups is 1. The highest BCUT2D eigenvalue weighted by Crippen LogP contribution is 2.45. The van der Waals surface area contributed by atoms with Crippen molar-refractivity contribution >= 4 is 5.91 Å². The number of piperidine rings is 1. The van der Waals surface area contributed by atoms with Crippen molar-refractivity contribution in [1.82, 2.24) is 14.7 Å². The van der Waals surface area contributed by atoms with Gasteiger partial charge >= 0.3 is 0 Å². The molecule has 2 aromatic rings. The smallest absolute Gasteiger partial charge is 0.253 e. The highest BCUT2D eigenvalue weighted by atomic mass is 16.5. The van der Waals surface area contributed by atoms with Crippen molar-refractivity contribution in [2.75, 3.05) is 13.1 Å². The first kappa shape index (κ1) is 22.6. The molecule has 2 aliphatic rings. The predicted molar refractivity (Wildman–Crippen MR) is 122 cm³/mol. The Morgan fingerprint density at radius 1 is 1.19 bits per heavy atom. The van der Waals surface area contributed by atoms with E-state index in [-0.39, 0.29) is 29.8 Å². The molecule has 1 amide bonds. The Kier molecular flexibility index (Phi) is 6.21. The monoisotopic (exact) mass is 441 g/mol. The standard InChI is InChI=1S/C25H35N3O4/c1-16(2)30-20-8-7-19(13-18(20)5)24(29)28-11-9-25(10-12-28)14-21(31-17(3)4)23-22(32-25)15-27(6)26-23/h7-8,13,15-17,21H,9-12,14H2,1-6H3. The number of fused-ring (bicyclic) bond motifs is 1. The van der Waals surface area contributed by atoms with Crippen LogP contribution in [0.5, 0.6) is 11.5 Å². The van der Waals surface area contributed by atoms with E-state index >= 15 is 0 Å². The van der Waals surface area contributed by atoms with E-state index < -0.39 is 0 Å². The molecule has 1 aromatic heterocycles. The summed E-state index contributed by atoms with van der Waals surface area (Å²) in [7, 11) is 1.90. The maximum atomic E-state index is 13.2. The van der Waals surface area contributed by atoms with Gasteiger partial charge in [0, 0.05) is 45.0 Å². The van der Waals surface area contributed by atoms with Gasteiger partial charge in [-0.15, -0.1) is 0 Å². The minimum absolute atomic E-state index is 0.0619. The molecule has 4 rings (SSSR count). The van der Waals surface area contributed by atoms with E-state index in [0.717, 1.165) is 42.0 Å². The molecule has 1 atom stereocenters. The Labute approximate surface area is 190 Å². The van der Waals surface area contributed by atoms with E-state index in [0.29, 0.717) is 18.7 Å². The van der Waals surface area contributed by atoms with Gasteiger partial charge < -0.3 is 19.1 Å². The largest absolute Gasteiger partial charge is 0.491 e. The summed E-state index contributed by atoms with van der Waals surface area (Å²) in [5.41, 5.74) is 2.24. The quantitative estimate of drug-likeness (QED) is 0.686. The number of carbonyl (C=O) groups excluding carboxylic acids is 1. The van der Waals surface area contributed by atoms with Crippen LogP contribution in [-0.4, -0.2) is 51.5 Å². The number of ether oxygens (including phenoxy) is 3. The summed E-state index contributed by atoms with van der Waals surface area (Å²) in [6.45, 7) is 11.4. The minimum Gasteiger partial charge on any atom is -0.491 e. The Hall–Kier alpha value is -2.54. The van der Waals surface area contributed by atoms with Gasteiger partial charge in [-0.25, -0.2) is 0 Å². The summed E-state index contributed by atoms with van der Waals surface area (Å²) in [6.07, 6.45) is 4.37. The highest BCUT2D eigenvalue weighted by Gasteiger charge is 2.46. The first-order chi connectivity index (χ1) is 15.2. The fourth-order valence-electron chi connectivity index (χ4n) is 4.71. The van der Waals surface area contributed by atoms with Gasteiger partial charge in [-0.2, -0.15) is 5.10 Å².